The van der Waals surface area contributed by atoms with E-state index in [9.17, 15) is 0 Å². The molecule has 0 saturated carbocycles. The summed E-state index contributed by atoms with van der Waals surface area (Å²) < 4.78 is 5.96. The predicted molar refractivity (Wildman–Crippen MR) is 85.4 cm³/mol. The lowest BCUT2D eigenvalue weighted by Crippen LogP contribution is -2.40. The molecule has 1 atom stereocenters. The van der Waals surface area contributed by atoms with Gasteiger partial charge in [0.2, 0.25) is 5.88 Å². The second kappa shape index (κ2) is 6.41. The SMILES string of the molecule is CN1CCCCC1COc1cc(CN)c2ccccc2n1. The molecule has 4 heteroatoms. The number of likely N-dealkylation sites (N-methyl/N-ethyl adjacent to an activating group) is 1. The minimum absolute atomic E-state index is 0.494. The first-order chi connectivity index (χ1) is 10.3. The Morgan fingerprint density at radius 1 is 1.33 bits per heavy atom. The molecule has 1 saturated heterocycles. The Morgan fingerprint density at radius 3 is 3.00 bits per heavy atom. The number of nitrogens with zero attached hydrogens (tertiary/aromatic N) is 2. The van der Waals surface area contributed by atoms with Crippen molar-refractivity contribution in [2.24, 2.45) is 5.73 Å². The quantitative estimate of drug-likeness (QED) is 0.938. The van der Waals surface area contributed by atoms with Crippen LogP contribution in [0.15, 0.2) is 30.3 Å². The first kappa shape index (κ1) is 14.3. The topological polar surface area (TPSA) is 51.4 Å². The molecule has 1 aromatic heterocycles. The van der Waals surface area contributed by atoms with E-state index in [-0.39, 0.29) is 0 Å². The average molecular weight is 285 g/mol. The molecule has 4 nitrogen and oxygen atoms in total. The number of ether oxygens (including phenoxy) is 1. The van der Waals surface area contributed by atoms with E-state index in [2.05, 4.69) is 23.0 Å². The molecule has 1 aliphatic heterocycles. The molecule has 1 aromatic carbocycles. The third-order valence-electron chi connectivity index (χ3n) is 4.34. The highest BCUT2D eigenvalue weighted by Crippen LogP contribution is 2.23. The van der Waals surface area contributed by atoms with Crippen LogP contribution < -0.4 is 10.5 Å². The summed E-state index contributed by atoms with van der Waals surface area (Å²) in [5.74, 6) is 0.688. The second-order valence-electron chi connectivity index (χ2n) is 5.78. The molecule has 2 aromatic rings. The van der Waals surface area contributed by atoms with Gasteiger partial charge in [-0.2, -0.15) is 0 Å². The Morgan fingerprint density at radius 2 is 2.19 bits per heavy atom. The van der Waals surface area contributed by atoms with Gasteiger partial charge in [0.15, 0.2) is 0 Å². The molecule has 21 heavy (non-hydrogen) atoms. The molecule has 1 aliphatic rings. The normalized spacial score (nSPS) is 19.8. The number of hydrogen-bond acceptors (Lipinski definition) is 4. The van der Waals surface area contributed by atoms with E-state index < -0.39 is 0 Å². The first-order valence-corrected chi connectivity index (χ1v) is 7.69. The highest BCUT2D eigenvalue weighted by atomic mass is 16.5. The van der Waals surface area contributed by atoms with Crippen molar-refractivity contribution in [1.82, 2.24) is 9.88 Å². The fraction of sp³-hybridized carbons (Fsp3) is 0.471. The van der Waals surface area contributed by atoms with Crippen molar-refractivity contribution in [3.05, 3.63) is 35.9 Å². The Bertz CT molecular complexity index is 614. The number of hydrogen-bond donors (Lipinski definition) is 1. The molecule has 3 rings (SSSR count). The molecule has 0 spiro atoms. The van der Waals surface area contributed by atoms with Crippen LogP contribution in [0.25, 0.3) is 10.9 Å². The Balaban J connectivity index is 1.77. The molecule has 1 fully saturated rings. The summed E-state index contributed by atoms with van der Waals surface area (Å²) in [6, 6.07) is 10.5. The zero-order valence-corrected chi connectivity index (χ0v) is 12.6. The van der Waals surface area contributed by atoms with Crippen molar-refractivity contribution >= 4 is 10.9 Å². The van der Waals surface area contributed by atoms with Gasteiger partial charge in [-0.1, -0.05) is 24.6 Å². The van der Waals surface area contributed by atoms with E-state index >= 15 is 0 Å². The Kier molecular flexibility index (Phi) is 4.36. The van der Waals surface area contributed by atoms with E-state index in [4.69, 9.17) is 10.5 Å². The van der Waals surface area contributed by atoms with Crippen LogP contribution in [0.5, 0.6) is 5.88 Å². The number of nitrogens with two attached hydrogens (primary N) is 1. The van der Waals surface area contributed by atoms with Crippen LogP contribution in [0, 0.1) is 0 Å². The zero-order valence-electron chi connectivity index (χ0n) is 12.6. The van der Waals surface area contributed by atoms with E-state index in [1.54, 1.807) is 0 Å². The van der Waals surface area contributed by atoms with Crippen molar-refractivity contribution < 1.29 is 4.74 Å². The van der Waals surface area contributed by atoms with Gasteiger partial charge in [0, 0.05) is 24.0 Å². The van der Waals surface area contributed by atoms with Crippen LogP contribution in [0.3, 0.4) is 0 Å². The lowest BCUT2D eigenvalue weighted by atomic mass is 10.0. The predicted octanol–water partition coefficient (Wildman–Crippen LogP) is 2.56. The number of aromatic nitrogens is 1. The van der Waals surface area contributed by atoms with E-state index in [1.807, 2.05) is 24.3 Å². The van der Waals surface area contributed by atoms with Gasteiger partial charge in [-0.05, 0) is 38.1 Å². The van der Waals surface area contributed by atoms with Gasteiger partial charge < -0.3 is 15.4 Å². The largest absolute Gasteiger partial charge is 0.476 e. The summed E-state index contributed by atoms with van der Waals surface area (Å²) in [6.07, 6.45) is 3.78. The number of rotatable bonds is 4. The Labute approximate surface area is 125 Å². The fourth-order valence-electron chi connectivity index (χ4n) is 3.00. The lowest BCUT2D eigenvalue weighted by Gasteiger charge is -2.32. The molecule has 0 radical (unpaired) electrons. The summed E-state index contributed by atoms with van der Waals surface area (Å²) in [4.78, 5) is 6.98. The van der Waals surface area contributed by atoms with Gasteiger partial charge in [0.25, 0.3) is 0 Å². The monoisotopic (exact) mass is 285 g/mol. The van der Waals surface area contributed by atoms with Crippen LogP contribution in [0.4, 0.5) is 0 Å². The Hall–Kier alpha value is -1.65. The van der Waals surface area contributed by atoms with Crippen LogP contribution >= 0.6 is 0 Å². The highest BCUT2D eigenvalue weighted by molar-refractivity contribution is 5.82. The molecule has 2 heterocycles. The zero-order chi connectivity index (χ0) is 14.7. The molecule has 0 aliphatic carbocycles. The van der Waals surface area contributed by atoms with Crippen molar-refractivity contribution in [3.63, 3.8) is 0 Å². The summed E-state index contributed by atoms with van der Waals surface area (Å²) in [5.41, 5.74) is 7.90. The van der Waals surface area contributed by atoms with E-state index in [0.29, 0.717) is 25.1 Å². The number of para-hydroxylation sites is 1. The van der Waals surface area contributed by atoms with Crippen LogP contribution in [-0.4, -0.2) is 36.1 Å². The van der Waals surface area contributed by atoms with Gasteiger partial charge in [-0.25, -0.2) is 4.98 Å². The number of piperidine rings is 1. The minimum Gasteiger partial charge on any atom is -0.476 e. The highest BCUT2D eigenvalue weighted by Gasteiger charge is 2.19. The molecule has 1 unspecified atom stereocenters. The summed E-state index contributed by atoms with van der Waals surface area (Å²) in [5, 5.41) is 1.11. The number of likely N-dealkylation sites (tertiary alicyclic amines) is 1. The van der Waals surface area contributed by atoms with Crippen molar-refractivity contribution in [3.8, 4) is 5.88 Å². The molecule has 0 bridgehead atoms. The van der Waals surface area contributed by atoms with E-state index in [1.165, 1.54) is 19.3 Å². The van der Waals surface area contributed by atoms with E-state index in [0.717, 1.165) is 23.0 Å². The standard InChI is InChI=1S/C17H23N3O/c1-20-9-5-4-6-14(20)12-21-17-10-13(11-18)15-7-2-3-8-16(15)19-17/h2-3,7-8,10,14H,4-6,9,11-12,18H2,1H3. The maximum Gasteiger partial charge on any atom is 0.214 e. The van der Waals surface area contributed by atoms with Gasteiger partial charge >= 0.3 is 0 Å². The van der Waals surface area contributed by atoms with Crippen LogP contribution in [0.2, 0.25) is 0 Å². The number of pyridine rings is 1. The van der Waals surface area contributed by atoms with Gasteiger partial charge in [0.1, 0.15) is 6.61 Å². The third-order valence-corrected chi connectivity index (χ3v) is 4.34. The molecular weight excluding hydrogens is 262 g/mol. The number of benzene rings is 1. The van der Waals surface area contributed by atoms with Crippen LogP contribution in [-0.2, 0) is 6.54 Å². The lowest BCUT2D eigenvalue weighted by molar-refractivity contribution is 0.123. The number of fused-ring (bicyclic) bond motifs is 1. The molecule has 0 amide bonds. The minimum atomic E-state index is 0.494. The summed E-state index contributed by atoms with van der Waals surface area (Å²) >= 11 is 0. The van der Waals surface area contributed by atoms with Gasteiger partial charge in [-0.15, -0.1) is 0 Å². The maximum atomic E-state index is 5.96. The average Bonchev–Trinajstić information content (AvgIpc) is 2.53. The van der Waals surface area contributed by atoms with Crippen molar-refractivity contribution in [2.45, 2.75) is 31.8 Å². The summed E-state index contributed by atoms with van der Waals surface area (Å²) in [6.45, 7) is 2.36. The third kappa shape index (κ3) is 3.17. The maximum absolute atomic E-state index is 5.96. The van der Waals surface area contributed by atoms with Crippen molar-refractivity contribution in [2.75, 3.05) is 20.2 Å². The molecule has 112 valence electrons. The van der Waals surface area contributed by atoms with Gasteiger partial charge in [-0.3, -0.25) is 0 Å². The fourth-order valence-corrected chi connectivity index (χ4v) is 3.00. The molecular formula is C17H23N3O. The smallest absolute Gasteiger partial charge is 0.214 e. The second-order valence-corrected chi connectivity index (χ2v) is 5.78. The van der Waals surface area contributed by atoms with Crippen LogP contribution in [0.1, 0.15) is 24.8 Å². The van der Waals surface area contributed by atoms with Gasteiger partial charge in [0.05, 0.1) is 5.52 Å². The first-order valence-electron chi connectivity index (χ1n) is 7.69. The van der Waals surface area contributed by atoms with Crippen molar-refractivity contribution in [1.29, 1.82) is 0 Å². The molecule has 2 N–H and O–H groups in total. The summed E-state index contributed by atoms with van der Waals surface area (Å²) in [7, 11) is 2.17.